The van der Waals surface area contributed by atoms with Gasteiger partial charge in [0.25, 0.3) is 5.91 Å². The maximum absolute atomic E-state index is 13.7. The second kappa shape index (κ2) is 9.24. The van der Waals surface area contributed by atoms with E-state index < -0.39 is 0 Å². The SMILES string of the molecule is CCc1ccc(-c2cc(C(=O)N3CCN(c4ccccc4)CC3)c3cccc(Cl)c3n2)cc1. The predicted molar refractivity (Wildman–Crippen MR) is 136 cm³/mol. The van der Waals surface area contributed by atoms with Crippen LogP contribution in [0.2, 0.25) is 5.02 Å². The van der Waals surface area contributed by atoms with Gasteiger partial charge in [0.1, 0.15) is 0 Å². The quantitative estimate of drug-likeness (QED) is 0.374. The summed E-state index contributed by atoms with van der Waals surface area (Å²) in [7, 11) is 0. The van der Waals surface area contributed by atoms with Crippen LogP contribution in [0.15, 0.2) is 78.9 Å². The molecule has 1 aromatic heterocycles. The minimum atomic E-state index is 0.0313. The molecule has 1 aliphatic heterocycles. The molecule has 1 aliphatic rings. The smallest absolute Gasteiger partial charge is 0.254 e. The van der Waals surface area contributed by atoms with Crippen molar-refractivity contribution in [3.05, 3.63) is 95.0 Å². The van der Waals surface area contributed by atoms with Crippen molar-refractivity contribution in [3.8, 4) is 11.3 Å². The fourth-order valence-electron chi connectivity index (χ4n) is 4.43. The van der Waals surface area contributed by atoms with Crippen molar-refractivity contribution in [1.82, 2.24) is 9.88 Å². The number of hydrogen-bond acceptors (Lipinski definition) is 3. The molecule has 0 spiro atoms. The predicted octanol–water partition coefficient (Wildman–Crippen LogP) is 6.08. The van der Waals surface area contributed by atoms with Crippen molar-refractivity contribution in [2.45, 2.75) is 13.3 Å². The molecule has 0 unspecified atom stereocenters. The highest BCUT2D eigenvalue weighted by molar-refractivity contribution is 6.35. The molecule has 0 bridgehead atoms. The molecule has 166 valence electrons. The summed E-state index contributed by atoms with van der Waals surface area (Å²) < 4.78 is 0. The van der Waals surface area contributed by atoms with Gasteiger partial charge in [-0.2, -0.15) is 0 Å². The number of pyridine rings is 1. The van der Waals surface area contributed by atoms with Crippen molar-refractivity contribution in [3.63, 3.8) is 0 Å². The zero-order chi connectivity index (χ0) is 22.8. The van der Waals surface area contributed by atoms with E-state index >= 15 is 0 Å². The summed E-state index contributed by atoms with van der Waals surface area (Å²) >= 11 is 6.52. The van der Waals surface area contributed by atoms with E-state index in [9.17, 15) is 4.79 Å². The molecule has 4 aromatic rings. The molecule has 33 heavy (non-hydrogen) atoms. The standard InChI is InChI=1S/C28H26ClN3O/c1-2-20-11-13-21(14-12-20)26-19-24(23-9-6-10-25(29)27(23)30-26)28(33)32-17-15-31(16-18-32)22-7-4-3-5-8-22/h3-14,19H,2,15-18H2,1H3. The van der Waals surface area contributed by atoms with Gasteiger partial charge in [-0.25, -0.2) is 4.98 Å². The van der Waals surface area contributed by atoms with E-state index in [-0.39, 0.29) is 5.91 Å². The Kier molecular flexibility index (Phi) is 6.01. The van der Waals surface area contributed by atoms with Crippen LogP contribution in [0.5, 0.6) is 0 Å². The van der Waals surface area contributed by atoms with Gasteiger partial charge < -0.3 is 9.80 Å². The van der Waals surface area contributed by atoms with E-state index in [1.165, 1.54) is 11.3 Å². The normalized spacial score (nSPS) is 14.0. The highest BCUT2D eigenvalue weighted by atomic mass is 35.5. The fraction of sp³-hybridized carbons (Fsp3) is 0.214. The van der Waals surface area contributed by atoms with Crippen molar-refractivity contribution < 1.29 is 4.79 Å². The fourth-order valence-corrected chi connectivity index (χ4v) is 4.64. The first kappa shape index (κ1) is 21.5. The van der Waals surface area contributed by atoms with Gasteiger partial charge in [0.15, 0.2) is 0 Å². The Bertz CT molecular complexity index is 1280. The van der Waals surface area contributed by atoms with Crippen molar-refractivity contribution in [1.29, 1.82) is 0 Å². The summed E-state index contributed by atoms with van der Waals surface area (Å²) in [4.78, 5) is 22.8. The topological polar surface area (TPSA) is 36.4 Å². The van der Waals surface area contributed by atoms with Gasteiger partial charge >= 0.3 is 0 Å². The van der Waals surface area contributed by atoms with Gasteiger partial charge in [0.05, 0.1) is 21.8 Å². The lowest BCUT2D eigenvalue weighted by molar-refractivity contribution is 0.0748. The average Bonchev–Trinajstić information content (AvgIpc) is 2.89. The van der Waals surface area contributed by atoms with E-state index in [1.54, 1.807) is 0 Å². The van der Waals surface area contributed by atoms with E-state index in [0.29, 0.717) is 29.2 Å². The highest BCUT2D eigenvalue weighted by Gasteiger charge is 2.25. The number of anilines is 1. The van der Waals surface area contributed by atoms with Gasteiger partial charge in [0, 0.05) is 42.8 Å². The van der Waals surface area contributed by atoms with Crippen LogP contribution >= 0.6 is 11.6 Å². The molecule has 1 amide bonds. The zero-order valence-electron chi connectivity index (χ0n) is 18.7. The lowest BCUT2D eigenvalue weighted by Crippen LogP contribution is -2.48. The third-order valence-corrected chi connectivity index (χ3v) is 6.67. The van der Waals surface area contributed by atoms with Crippen LogP contribution in [0, 0.1) is 0 Å². The molecule has 0 radical (unpaired) electrons. The minimum absolute atomic E-state index is 0.0313. The number of hydrogen-bond donors (Lipinski definition) is 0. The van der Waals surface area contributed by atoms with E-state index in [1.807, 2.05) is 47.4 Å². The van der Waals surface area contributed by atoms with Crippen LogP contribution < -0.4 is 4.90 Å². The van der Waals surface area contributed by atoms with Gasteiger partial charge in [0.2, 0.25) is 0 Å². The number of para-hydroxylation sites is 2. The Morgan fingerprint density at radius 2 is 1.64 bits per heavy atom. The number of carbonyl (C=O) groups is 1. The Morgan fingerprint density at radius 1 is 0.909 bits per heavy atom. The van der Waals surface area contributed by atoms with E-state index in [2.05, 4.69) is 48.2 Å². The van der Waals surface area contributed by atoms with E-state index in [0.717, 1.165) is 36.2 Å². The first-order valence-corrected chi connectivity index (χ1v) is 11.8. The van der Waals surface area contributed by atoms with Gasteiger partial charge in [-0.05, 0) is 36.2 Å². The van der Waals surface area contributed by atoms with Crippen molar-refractivity contribution in [2.24, 2.45) is 0 Å². The molecular weight excluding hydrogens is 430 g/mol. The number of benzene rings is 3. The number of amides is 1. The second-order valence-corrected chi connectivity index (χ2v) is 8.76. The molecule has 0 saturated carbocycles. The van der Waals surface area contributed by atoms with E-state index in [4.69, 9.17) is 16.6 Å². The number of aryl methyl sites for hydroxylation is 1. The largest absolute Gasteiger partial charge is 0.368 e. The molecule has 4 nitrogen and oxygen atoms in total. The molecule has 0 atom stereocenters. The van der Waals surface area contributed by atoms with Crippen LogP contribution in [-0.4, -0.2) is 42.0 Å². The Hall–Kier alpha value is -3.37. The lowest BCUT2D eigenvalue weighted by Gasteiger charge is -2.36. The molecule has 5 rings (SSSR count). The summed E-state index contributed by atoms with van der Waals surface area (Å²) in [6.45, 7) is 5.12. The first-order valence-electron chi connectivity index (χ1n) is 11.4. The molecule has 0 aliphatic carbocycles. The number of halogens is 1. The van der Waals surface area contributed by atoms with Gasteiger partial charge in [-0.3, -0.25) is 4.79 Å². The molecule has 5 heteroatoms. The zero-order valence-corrected chi connectivity index (χ0v) is 19.4. The number of carbonyl (C=O) groups excluding carboxylic acids is 1. The summed E-state index contributed by atoms with van der Waals surface area (Å²) in [5.74, 6) is 0.0313. The lowest BCUT2D eigenvalue weighted by atomic mass is 10.0. The molecule has 1 fully saturated rings. The van der Waals surface area contributed by atoms with Crippen LogP contribution in [0.4, 0.5) is 5.69 Å². The average molecular weight is 456 g/mol. The maximum Gasteiger partial charge on any atom is 0.254 e. The third kappa shape index (κ3) is 4.31. The summed E-state index contributed by atoms with van der Waals surface area (Å²) in [5.41, 5.74) is 5.54. The molecule has 1 saturated heterocycles. The van der Waals surface area contributed by atoms with Gasteiger partial charge in [-0.1, -0.05) is 73.1 Å². The Labute approximate surface area is 199 Å². The maximum atomic E-state index is 13.7. The molecule has 2 heterocycles. The molecule has 0 N–H and O–H groups in total. The highest BCUT2D eigenvalue weighted by Crippen LogP contribution is 2.30. The second-order valence-electron chi connectivity index (χ2n) is 8.36. The van der Waals surface area contributed by atoms with Crippen molar-refractivity contribution in [2.75, 3.05) is 31.1 Å². The van der Waals surface area contributed by atoms with Crippen LogP contribution in [0.1, 0.15) is 22.8 Å². The van der Waals surface area contributed by atoms with Crippen LogP contribution in [0.25, 0.3) is 22.2 Å². The summed E-state index contributed by atoms with van der Waals surface area (Å²) in [5, 5.41) is 1.36. The number of aromatic nitrogens is 1. The summed E-state index contributed by atoms with van der Waals surface area (Å²) in [6.07, 6.45) is 0.982. The Balaban J connectivity index is 1.47. The van der Waals surface area contributed by atoms with Crippen LogP contribution in [-0.2, 0) is 6.42 Å². The third-order valence-electron chi connectivity index (χ3n) is 6.37. The number of nitrogens with zero attached hydrogens (tertiary/aromatic N) is 3. The number of rotatable bonds is 4. The first-order chi connectivity index (χ1) is 16.1. The number of fused-ring (bicyclic) bond motifs is 1. The molecular formula is C28H26ClN3O. The molecule has 3 aromatic carbocycles. The van der Waals surface area contributed by atoms with Crippen LogP contribution in [0.3, 0.4) is 0 Å². The van der Waals surface area contributed by atoms with Gasteiger partial charge in [-0.15, -0.1) is 0 Å². The number of piperazine rings is 1. The minimum Gasteiger partial charge on any atom is -0.368 e. The Morgan fingerprint density at radius 3 is 2.33 bits per heavy atom. The monoisotopic (exact) mass is 455 g/mol. The summed E-state index contributed by atoms with van der Waals surface area (Å²) in [6, 6.07) is 26.3. The van der Waals surface area contributed by atoms with Crippen molar-refractivity contribution >= 4 is 34.1 Å².